The summed E-state index contributed by atoms with van der Waals surface area (Å²) in [6, 6.07) is 8.94. The van der Waals surface area contributed by atoms with Crippen molar-refractivity contribution in [1.82, 2.24) is 5.32 Å². The van der Waals surface area contributed by atoms with Crippen molar-refractivity contribution in [3.63, 3.8) is 0 Å². The molecule has 2 nitrogen and oxygen atoms in total. The molecule has 1 atom stereocenters. The van der Waals surface area contributed by atoms with Gasteiger partial charge >= 0.3 is 0 Å². The lowest BCUT2D eigenvalue weighted by Crippen LogP contribution is -2.26. The van der Waals surface area contributed by atoms with Crippen molar-refractivity contribution in [2.24, 2.45) is 5.92 Å². The quantitative estimate of drug-likeness (QED) is 0.809. The van der Waals surface area contributed by atoms with E-state index in [2.05, 4.69) is 47.7 Å². The predicted molar refractivity (Wildman–Crippen MR) is 77.1 cm³/mol. The van der Waals surface area contributed by atoms with Crippen LogP contribution >= 0.6 is 11.8 Å². The molecule has 1 aliphatic rings. The number of rotatable bonds is 5. The van der Waals surface area contributed by atoms with Crippen LogP contribution in [0.3, 0.4) is 0 Å². The Labute approximate surface area is 109 Å². The minimum absolute atomic E-state index is 0.815. The van der Waals surface area contributed by atoms with Crippen molar-refractivity contribution < 1.29 is 0 Å². The van der Waals surface area contributed by atoms with Gasteiger partial charge in [-0.2, -0.15) is 0 Å². The number of thioether (sulfide) groups is 1. The number of hydrogen-bond acceptors (Lipinski definition) is 3. The van der Waals surface area contributed by atoms with Crippen molar-refractivity contribution in [3.8, 4) is 0 Å². The van der Waals surface area contributed by atoms with Gasteiger partial charge in [-0.3, -0.25) is 0 Å². The topological polar surface area (TPSA) is 15.3 Å². The summed E-state index contributed by atoms with van der Waals surface area (Å²) >= 11 is 1.80. The summed E-state index contributed by atoms with van der Waals surface area (Å²) in [7, 11) is 0. The van der Waals surface area contributed by atoms with Gasteiger partial charge in [-0.05, 0) is 55.9 Å². The van der Waals surface area contributed by atoms with E-state index in [0.717, 1.165) is 19.0 Å². The second kappa shape index (κ2) is 6.31. The molecule has 0 radical (unpaired) electrons. The lowest BCUT2D eigenvalue weighted by atomic mass is 10.1. The lowest BCUT2D eigenvalue weighted by molar-refractivity contribution is 0.528. The van der Waals surface area contributed by atoms with Crippen molar-refractivity contribution in [3.05, 3.63) is 24.3 Å². The predicted octanol–water partition coefficient (Wildman–Crippen LogP) is 2.84. The fraction of sp³-hybridized carbons (Fsp3) is 0.571. The molecule has 1 saturated heterocycles. The third kappa shape index (κ3) is 3.39. The van der Waals surface area contributed by atoms with Crippen LogP contribution in [-0.4, -0.2) is 32.4 Å². The Bertz CT molecular complexity index is 337. The largest absolute Gasteiger partial charge is 0.371 e. The number of anilines is 1. The minimum atomic E-state index is 0.815. The molecular formula is C14H22N2S. The highest BCUT2D eigenvalue weighted by Crippen LogP contribution is 2.25. The van der Waals surface area contributed by atoms with Gasteiger partial charge in [-0.25, -0.2) is 0 Å². The molecule has 2 rings (SSSR count). The smallest absolute Gasteiger partial charge is 0.0367 e. The van der Waals surface area contributed by atoms with Crippen LogP contribution in [-0.2, 0) is 0 Å². The maximum Gasteiger partial charge on any atom is 0.0367 e. The van der Waals surface area contributed by atoms with E-state index in [1.165, 1.54) is 30.1 Å². The van der Waals surface area contributed by atoms with Crippen molar-refractivity contribution >= 4 is 17.4 Å². The standard InChI is InChI=1S/C14H22N2S/c1-3-15-10-12-8-9-16(11-12)13-4-6-14(17-2)7-5-13/h4-7,12,15H,3,8-11H2,1-2H3. The van der Waals surface area contributed by atoms with Gasteiger partial charge in [0.15, 0.2) is 0 Å². The molecule has 0 spiro atoms. The van der Waals surface area contributed by atoms with Crippen LogP contribution in [0.25, 0.3) is 0 Å². The second-order valence-electron chi connectivity index (χ2n) is 4.61. The number of benzene rings is 1. The van der Waals surface area contributed by atoms with Crippen LogP contribution in [0.5, 0.6) is 0 Å². The Kier molecular flexibility index (Phi) is 4.75. The Morgan fingerprint density at radius 1 is 1.35 bits per heavy atom. The Balaban J connectivity index is 1.90. The molecule has 1 fully saturated rings. The van der Waals surface area contributed by atoms with E-state index in [1.807, 2.05) is 0 Å². The SMILES string of the molecule is CCNCC1CCN(c2ccc(SC)cc2)C1. The minimum Gasteiger partial charge on any atom is -0.371 e. The Hall–Kier alpha value is -0.670. The molecule has 1 unspecified atom stereocenters. The zero-order chi connectivity index (χ0) is 12.1. The van der Waals surface area contributed by atoms with Gasteiger partial charge in [0.25, 0.3) is 0 Å². The van der Waals surface area contributed by atoms with Crippen LogP contribution in [0.1, 0.15) is 13.3 Å². The van der Waals surface area contributed by atoms with Crippen molar-refractivity contribution in [1.29, 1.82) is 0 Å². The summed E-state index contributed by atoms with van der Waals surface area (Å²) in [6.45, 7) is 6.82. The molecule has 1 aliphatic heterocycles. The van der Waals surface area contributed by atoms with E-state index < -0.39 is 0 Å². The first-order valence-electron chi connectivity index (χ1n) is 6.43. The molecule has 1 aromatic rings. The highest BCUT2D eigenvalue weighted by Gasteiger charge is 2.21. The van der Waals surface area contributed by atoms with Crippen LogP contribution in [0.2, 0.25) is 0 Å². The molecule has 3 heteroatoms. The van der Waals surface area contributed by atoms with Crippen LogP contribution in [0.4, 0.5) is 5.69 Å². The molecular weight excluding hydrogens is 228 g/mol. The van der Waals surface area contributed by atoms with E-state index in [1.54, 1.807) is 11.8 Å². The number of nitrogens with one attached hydrogen (secondary N) is 1. The van der Waals surface area contributed by atoms with Crippen LogP contribution in [0, 0.1) is 5.92 Å². The summed E-state index contributed by atoms with van der Waals surface area (Å²) in [6.07, 6.45) is 3.44. The van der Waals surface area contributed by atoms with Gasteiger partial charge in [0.1, 0.15) is 0 Å². The summed E-state index contributed by atoms with van der Waals surface area (Å²) in [4.78, 5) is 3.85. The van der Waals surface area contributed by atoms with Crippen molar-refractivity contribution in [2.75, 3.05) is 37.3 Å². The molecule has 0 bridgehead atoms. The molecule has 0 aliphatic carbocycles. The zero-order valence-corrected chi connectivity index (χ0v) is 11.6. The summed E-state index contributed by atoms with van der Waals surface area (Å²) < 4.78 is 0. The van der Waals surface area contributed by atoms with E-state index in [-0.39, 0.29) is 0 Å². The number of hydrogen-bond donors (Lipinski definition) is 1. The molecule has 0 aromatic heterocycles. The first kappa shape index (κ1) is 12.8. The second-order valence-corrected chi connectivity index (χ2v) is 5.49. The summed E-state index contributed by atoms with van der Waals surface area (Å²) in [5.41, 5.74) is 1.38. The maximum absolute atomic E-state index is 3.45. The van der Waals surface area contributed by atoms with E-state index in [4.69, 9.17) is 0 Å². The molecule has 94 valence electrons. The molecule has 0 amide bonds. The Morgan fingerprint density at radius 3 is 2.76 bits per heavy atom. The average molecular weight is 250 g/mol. The first-order valence-corrected chi connectivity index (χ1v) is 7.65. The highest BCUT2D eigenvalue weighted by molar-refractivity contribution is 7.98. The maximum atomic E-state index is 3.45. The lowest BCUT2D eigenvalue weighted by Gasteiger charge is -2.19. The van der Waals surface area contributed by atoms with Gasteiger partial charge in [-0.1, -0.05) is 6.92 Å². The normalized spacial score (nSPS) is 19.9. The third-order valence-corrected chi connectivity index (χ3v) is 4.15. The average Bonchev–Trinajstić information content (AvgIpc) is 2.85. The first-order chi connectivity index (χ1) is 8.33. The third-order valence-electron chi connectivity index (χ3n) is 3.41. The molecule has 0 saturated carbocycles. The molecule has 1 aromatic carbocycles. The van der Waals surface area contributed by atoms with Gasteiger partial charge in [0, 0.05) is 23.7 Å². The monoisotopic (exact) mass is 250 g/mol. The highest BCUT2D eigenvalue weighted by atomic mass is 32.2. The van der Waals surface area contributed by atoms with Gasteiger partial charge < -0.3 is 10.2 Å². The van der Waals surface area contributed by atoms with Gasteiger partial charge in [-0.15, -0.1) is 11.8 Å². The summed E-state index contributed by atoms with van der Waals surface area (Å²) in [5, 5.41) is 3.45. The van der Waals surface area contributed by atoms with Crippen molar-refractivity contribution in [2.45, 2.75) is 18.2 Å². The van der Waals surface area contributed by atoms with E-state index in [0.29, 0.717) is 0 Å². The van der Waals surface area contributed by atoms with E-state index >= 15 is 0 Å². The summed E-state index contributed by atoms with van der Waals surface area (Å²) in [5.74, 6) is 0.815. The molecule has 1 N–H and O–H groups in total. The number of nitrogens with zero attached hydrogens (tertiary/aromatic N) is 1. The van der Waals surface area contributed by atoms with Gasteiger partial charge in [0.2, 0.25) is 0 Å². The Morgan fingerprint density at radius 2 is 2.12 bits per heavy atom. The zero-order valence-electron chi connectivity index (χ0n) is 10.8. The van der Waals surface area contributed by atoms with E-state index in [9.17, 15) is 0 Å². The fourth-order valence-electron chi connectivity index (χ4n) is 2.38. The van der Waals surface area contributed by atoms with Gasteiger partial charge in [0.05, 0.1) is 0 Å². The fourth-order valence-corrected chi connectivity index (χ4v) is 2.78. The molecule has 17 heavy (non-hydrogen) atoms. The van der Waals surface area contributed by atoms with Crippen LogP contribution < -0.4 is 10.2 Å². The van der Waals surface area contributed by atoms with Crippen LogP contribution in [0.15, 0.2) is 29.2 Å². The molecule has 1 heterocycles.